The van der Waals surface area contributed by atoms with Crippen molar-refractivity contribution in [3.63, 3.8) is 0 Å². The van der Waals surface area contributed by atoms with E-state index in [4.69, 9.17) is 9.47 Å². The normalized spacial score (nSPS) is 22.3. The molecule has 0 atom stereocenters. The monoisotopic (exact) mass is 475 g/mol. The Hall–Kier alpha value is -2.27. The zero-order valence-corrected chi connectivity index (χ0v) is 19.5. The molecule has 10 heteroatoms. The summed E-state index contributed by atoms with van der Waals surface area (Å²) in [5.41, 5.74) is 0.0351. The van der Waals surface area contributed by atoms with Gasteiger partial charge >= 0.3 is 0 Å². The molecule has 1 spiro atoms. The van der Waals surface area contributed by atoms with Crippen LogP contribution in [0.25, 0.3) is 10.9 Å². The number of nitrogens with zero attached hydrogens (tertiary/aromatic N) is 2. The highest BCUT2D eigenvalue weighted by molar-refractivity contribution is 7.89. The highest BCUT2D eigenvalue weighted by Crippen LogP contribution is 2.31. The molecule has 2 aromatic rings. The Balaban J connectivity index is 1.41. The Labute approximate surface area is 192 Å². The summed E-state index contributed by atoms with van der Waals surface area (Å²) in [6, 6.07) is 4.49. The number of ether oxygens (including phenoxy) is 2. The molecule has 3 fully saturated rings. The molecule has 5 rings (SSSR count). The van der Waals surface area contributed by atoms with Crippen LogP contribution in [-0.2, 0) is 19.5 Å². The molecular formula is C23H29N3O6S. The van der Waals surface area contributed by atoms with E-state index in [2.05, 4.69) is 11.9 Å². The van der Waals surface area contributed by atoms with Gasteiger partial charge < -0.3 is 19.4 Å². The Kier molecular flexibility index (Phi) is 5.80. The summed E-state index contributed by atoms with van der Waals surface area (Å²) in [5.74, 6) is -0.479. The van der Waals surface area contributed by atoms with Crippen molar-refractivity contribution in [1.29, 1.82) is 0 Å². The van der Waals surface area contributed by atoms with Crippen molar-refractivity contribution in [3.05, 3.63) is 40.2 Å². The van der Waals surface area contributed by atoms with Gasteiger partial charge in [0.15, 0.2) is 5.79 Å². The predicted molar refractivity (Wildman–Crippen MR) is 121 cm³/mol. The topological polar surface area (TPSA) is 109 Å². The van der Waals surface area contributed by atoms with Crippen LogP contribution in [0.2, 0.25) is 0 Å². The van der Waals surface area contributed by atoms with Gasteiger partial charge in [-0.15, -0.1) is 0 Å². The number of sulfonamides is 1. The van der Waals surface area contributed by atoms with Gasteiger partial charge in [-0.25, -0.2) is 8.42 Å². The van der Waals surface area contributed by atoms with Crippen LogP contribution in [0.5, 0.6) is 0 Å². The van der Waals surface area contributed by atoms with Gasteiger partial charge in [0.05, 0.1) is 18.1 Å². The van der Waals surface area contributed by atoms with Crippen molar-refractivity contribution in [1.82, 2.24) is 14.2 Å². The third-order valence-corrected chi connectivity index (χ3v) is 8.98. The third kappa shape index (κ3) is 4.09. The van der Waals surface area contributed by atoms with Crippen LogP contribution in [0.15, 0.2) is 34.1 Å². The number of piperidine rings is 2. The Morgan fingerprint density at radius 3 is 2.42 bits per heavy atom. The highest BCUT2D eigenvalue weighted by atomic mass is 32.2. The van der Waals surface area contributed by atoms with E-state index in [-0.39, 0.29) is 21.8 Å². The maximum Gasteiger partial charge on any atom is 0.259 e. The van der Waals surface area contributed by atoms with Crippen LogP contribution < -0.4 is 5.43 Å². The Morgan fingerprint density at radius 2 is 1.76 bits per heavy atom. The molecule has 1 aromatic heterocycles. The molecule has 0 aliphatic carbocycles. The van der Waals surface area contributed by atoms with Gasteiger partial charge in [-0.2, -0.15) is 4.31 Å². The maximum atomic E-state index is 13.2. The number of likely N-dealkylation sites (tertiary alicyclic amines) is 1. The molecule has 0 unspecified atom stereocenters. The molecule has 0 radical (unpaired) electrons. The summed E-state index contributed by atoms with van der Waals surface area (Å²) >= 11 is 0. The molecule has 4 heterocycles. The number of pyridine rings is 1. The lowest BCUT2D eigenvalue weighted by atomic mass is 10.0. The molecule has 33 heavy (non-hydrogen) atoms. The fourth-order valence-electron chi connectivity index (χ4n) is 4.90. The summed E-state index contributed by atoms with van der Waals surface area (Å²) in [6.45, 7) is 5.03. The highest BCUT2D eigenvalue weighted by Gasteiger charge is 2.41. The lowest BCUT2D eigenvalue weighted by Gasteiger charge is -2.37. The van der Waals surface area contributed by atoms with Gasteiger partial charge in [-0.05, 0) is 37.0 Å². The lowest BCUT2D eigenvalue weighted by molar-refractivity contribution is -0.181. The number of carbonyl (C=O) groups is 1. The molecule has 9 nitrogen and oxygen atoms in total. The predicted octanol–water partition coefficient (Wildman–Crippen LogP) is 1.93. The zero-order valence-electron chi connectivity index (χ0n) is 18.7. The number of H-pyrrole nitrogens is 1. The molecular weight excluding hydrogens is 446 g/mol. The molecule has 1 N–H and O–H groups in total. The van der Waals surface area contributed by atoms with E-state index in [1.807, 2.05) is 0 Å². The average Bonchev–Trinajstić information content (AvgIpc) is 3.27. The molecule has 3 aliphatic rings. The summed E-state index contributed by atoms with van der Waals surface area (Å²) in [7, 11) is -3.70. The molecule has 1 aromatic carbocycles. The number of amides is 1. The van der Waals surface area contributed by atoms with E-state index in [0.717, 1.165) is 12.8 Å². The number of hydrogen-bond donors (Lipinski definition) is 1. The lowest BCUT2D eigenvalue weighted by Crippen LogP contribution is -2.48. The summed E-state index contributed by atoms with van der Waals surface area (Å²) in [5, 5.41) is 0.197. The van der Waals surface area contributed by atoms with Gasteiger partial charge in [0, 0.05) is 56.1 Å². The number of carbonyl (C=O) groups excluding carboxylic acids is 1. The van der Waals surface area contributed by atoms with Crippen molar-refractivity contribution >= 4 is 26.8 Å². The first kappa shape index (κ1) is 22.5. The number of fused-ring (bicyclic) bond motifs is 1. The first-order chi connectivity index (χ1) is 15.8. The van der Waals surface area contributed by atoms with Crippen molar-refractivity contribution < 1.29 is 22.7 Å². The minimum absolute atomic E-state index is 0.00746. The summed E-state index contributed by atoms with van der Waals surface area (Å²) in [4.78, 5) is 31.1. The van der Waals surface area contributed by atoms with Gasteiger partial charge in [0.1, 0.15) is 5.56 Å². The number of aromatic amines is 1. The van der Waals surface area contributed by atoms with Crippen molar-refractivity contribution in [3.8, 4) is 0 Å². The molecule has 0 saturated carbocycles. The number of rotatable bonds is 3. The third-order valence-electron chi connectivity index (χ3n) is 7.09. The van der Waals surface area contributed by atoms with Crippen LogP contribution in [0.4, 0.5) is 0 Å². The molecule has 0 bridgehead atoms. The molecule has 3 saturated heterocycles. The van der Waals surface area contributed by atoms with E-state index in [1.54, 1.807) is 11.0 Å². The molecule has 178 valence electrons. The maximum absolute atomic E-state index is 13.2. The quantitative estimate of drug-likeness (QED) is 0.727. The fraction of sp³-hybridized carbons (Fsp3) is 0.565. The Bertz CT molecular complexity index is 1220. The number of benzene rings is 1. The SMILES string of the molecule is CC1CCN(S(=O)(=O)c2ccc3[nH]cc(C(=O)N4CCC5(CC4)OCCO5)c(=O)c3c2)CC1. The van der Waals surface area contributed by atoms with Gasteiger partial charge in [-0.1, -0.05) is 6.92 Å². The van der Waals surface area contributed by atoms with Crippen molar-refractivity contribution in [2.75, 3.05) is 39.4 Å². The van der Waals surface area contributed by atoms with Crippen molar-refractivity contribution in [2.45, 2.75) is 43.3 Å². The van der Waals surface area contributed by atoms with E-state index in [1.165, 1.54) is 22.6 Å². The number of hydrogen-bond acceptors (Lipinski definition) is 6. The smallest absolute Gasteiger partial charge is 0.259 e. The van der Waals surface area contributed by atoms with E-state index in [0.29, 0.717) is 63.7 Å². The standard InChI is InChI=1S/C23H29N3O6S/c1-16-4-8-26(9-5-16)33(29,30)17-2-3-20-18(14-17)21(27)19(15-24-20)22(28)25-10-6-23(7-11-25)31-12-13-32-23/h2-3,14-16H,4-13H2,1H3,(H,24,27). The minimum atomic E-state index is -3.70. The van der Waals surface area contributed by atoms with Gasteiger partial charge in [-0.3, -0.25) is 9.59 Å². The van der Waals surface area contributed by atoms with Crippen LogP contribution in [-0.4, -0.2) is 73.7 Å². The second-order valence-corrected chi connectivity index (χ2v) is 11.2. The van der Waals surface area contributed by atoms with Crippen LogP contribution in [0, 0.1) is 5.92 Å². The van der Waals surface area contributed by atoms with Crippen LogP contribution >= 0.6 is 0 Å². The van der Waals surface area contributed by atoms with E-state index >= 15 is 0 Å². The van der Waals surface area contributed by atoms with Crippen LogP contribution in [0.3, 0.4) is 0 Å². The minimum Gasteiger partial charge on any atom is -0.360 e. The van der Waals surface area contributed by atoms with Gasteiger partial charge in [0.2, 0.25) is 15.5 Å². The first-order valence-electron chi connectivity index (χ1n) is 11.5. The second-order valence-electron chi connectivity index (χ2n) is 9.23. The van der Waals surface area contributed by atoms with Gasteiger partial charge in [0.25, 0.3) is 5.91 Å². The summed E-state index contributed by atoms with van der Waals surface area (Å²) < 4.78 is 39.2. The average molecular weight is 476 g/mol. The zero-order chi connectivity index (χ0) is 23.2. The largest absolute Gasteiger partial charge is 0.360 e. The number of nitrogens with one attached hydrogen (secondary N) is 1. The van der Waals surface area contributed by atoms with Crippen molar-refractivity contribution in [2.24, 2.45) is 5.92 Å². The number of aromatic nitrogens is 1. The fourth-order valence-corrected chi connectivity index (χ4v) is 6.39. The van der Waals surface area contributed by atoms with Crippen LogP contribution in [0.1, 0.15) is 43.0 Å². The summed E-state index contributed by atoms with van der Waals surface area (Å²) in [6.07, 6.45) is 4.17. The van der Waals surface area contributed by atoms with E-state index < -0.39 is 21.2 Å². The second kappa shape index (κ2) is 8.50. The molecule has 3 aliphatic heterocycles. The Morgan fingerprint density at radius 1 is 1.09 bits per heavy atom. The first-order valence-corrected chi connectivity index (χ1v) is 13.0. The van der Waals surface area contributed by atoms with E-state index in [9.17, 15) is 18.0 Å². The molecule has 1 amide bonds.